The molecule has 160 valence electrons. The van der Waals surface area contributed by atoms with Gasteiger partial charge in [0.25, 0.3) is 5.56 Å². The summed E-state index contributed by atoms with van der Waals surface area (Å²) in [6, 6.07) is 13.8. The monoisotopic (exact) mass is 428 g/mol. The number of halogens is 3. The minimum Gasteiger partial charge on any atom is -0.325 e. The lowest BCUT2D eigenvalue weighted by molar-refractivity contribution is -0.137. The zero-order chi connectivity index (χ0) is 22.2. The van der Waals surface area contributed by atoms with Gasteiger partial charge in [-0.05, 0) is 30.2 Å². The molecule has 0 bridgehead atoms. The highest BCUT2D eigenvalue weighted by Crippen LogP contribution is 2.29. The summed E-state index contributed by atoms with van der Waals surface area (Å²) >= 11 is 0. The molecule has 0 unspecified atom stereocenters. The highest BCUT2D eigenvalue weighted by atomic mass is 19.4. The zero-order valence-corrected chi connectivity index (χ0v) is 16.6. The zero-order valence-electron chi connectivity index (χ0n) is 16.6. The average Bonchev–Trinajstić information content (AvgIpc) is 3.19. The Balaban J connectivity index is 1.89. The molecular weight excluding hydrogens is 409 g/mol. The predicted molar refractivity (Wildman–Crippen MR) is 110 cm³/mol. The SMILES string of the molecule is CCn1cnc2c1c(=O)n(Cc1cccc(C(F)(F)F)c1)c(=O)n2Cc1ccccc1. The van der Waals surface area contributed by atoms with E-state index in [0.29, 0.717) is 6.54 Å². The van der Waals surface area contributed by atoms with Gasteiger partial charge in [-0.2, -0.15) is 13.2 Å². The first kappa shape index (κ1) is 20.6. The molecule has 0 amide bonds. The first-order chi connectivity index (χ1) is 14.8. The molecule has 0 aliphatic heterocycles. The maximum atomic E-state index is 13.2. The lowest BCUT2D eigenvalue weighted by Crippen LogP contribution is -2.41. The highest BCUT2D eigenvalue weighted by molar-refractivity contribution is 5.70. The second kappa shape index (κ2) is 7.90. The van der Waals surface area contributed by atoms with E-state index in [1.54, 1.807) is 4.57 Å². The van der Waals surface area contributed by atoms with Crippen LogP contribution in [-0.4, -0.2) is 18.7 Å². The predicted octanol–water partition coefficient (Wildman–Crippen LogP) is 3.50. The molecule has 4 aromatic rings. The van der Waals surface area contributed by atoms with E-state index in [-0.39, 0.29) is 29.8 Å². The van der Waals surface area contributed by atoms with Gasteiger partial charge in [0, 0.05) is 6.54 Å². The van der Waals surface area contributed by atoms with Gasteiger partial charge in [0.05, 0.1) is 25.0 Å². The lowest BCUT2D eigenvalue weighted by atomic mass is 10.1. The van der Waals surface area contributed by atoms with Crippen LogP contribution in [-0.2, 0) is 25.8 Å². The van der Waals surface area contributed by atoms with Crippen molar-refractivity contribution in [2.75, 3.05) is 0 Å². The third kappa shape index (κ3) is 3.90. The molecule has 0 spiro atoms. The molecule has 0 saturated heterocycles. The summed E-state index contributed by atoms with van der Waals surface area (Å²) < 4.78 is 43.2. The minimum absolute atomic E-state index is 0.180. The first-order valence-electron chi connectivity index (χ1n) is 9.68. The molecule has 9 heteroatoms. The Kier molecular flexibility index (Phi) is 5.26. The Hall–Kier alpha value is -3.62. The van der Waals surface area contributed by atoms with Crippen molar-refractivity contribution < 1.29 is 13.2 Å². The van der Waals surface area contributed by atoms with Crippen LogP contribution in [0.5, 0.6) is 0 Å². The van der Waals surface area contributed by atoms with E-state index in [1.165, 1.54) is 23.0 Å². The fourth-order valence-corrected chi connectivity index (χ4v) is 3.56. The smallest absolute Gasteiger partial charge is 0.325 e. The summed E-state index contributed by atoms with van der Waals surface area (Å²) in [6.07, 6.45) is -3.03. The topological polar surface area (TPSA) is 61.8 Å². The van der Waals surface area contributed by atoms with Crippen LogP contribution >= 0.6 is 0 Å². The van der Waals surface area contributed by atoms with Crippen molar-refractivity contribution in [2.45, 2.75) is 32.7 Å². The summed E-state index contributed by atoms with van der Waals surface area (Å²) in [4.78, 5) is 30.7. The molecule has 0 N–H and O–H groups in total. The Bertz CT molecular complexity index is 1350. The molecule has 0 aliphatic rings. The number of rotatable bonds is 5. The summed E-state index contributed by atoms with van der Waals surface area (Å²) in [7, 11) is 0. The van der Waals surface area contributed by atoms with Gasteiger partial charge < -0.3 is 4.57 Å². The minimum atomic E-state index is -4.51. The van der Waals surface area contributed by atoms with Crippen LogP contribution in [0.2, 0.25) is 0 Å². The Morgan fingerprint density at radius 1 is 0.903 bits per heavy atom. The average molecular weight is 428 g/mol. The van der Waals surface area contributed by atoms with Crippen molar-refractivity contribution in [1.29, 1.82) is 0 Å². The van der Waals surface area contributed by atoms with Crippen LogP contribution < -0.4 is 11.2 Å². The molecule has 31 heavy (non-hydrogen) atoms. The number of imidazole rings is 1. The second-order valence-corrected chi connectivity index (χ2v) is 7.15. The van der Waals surface area contributed by atoms with Crippen molar-refractivity contribution in [2.24, 2.45) is 0 Å². The normalized spacial score (nSPS) is 11.9. The molecular formula is C22H19F3N4O2. The van der Waals surface area contributed by atoms with Crippen molar-refractivity contribution in [1.82, 2.24) is 18.7 Å². The van der Waals surface area contributed by atoms with Gasteiger partial charge in [-0.15, -0.1) is 0 Å². The quantitative estimate of drug-likeness (QED) is 0.489. The summed E-state index contributed by atoms with van der Waals surface area (Å²) in [5.74, 6) is 0. The van der Waals surface area contributed by atoms with E-state index >= 15 is 0 Å². The van der Waals surface area contributed by atoms with Gasteiger partial charge in [-0.3, -0.25) is 13.9 Å². The highest BCUT2D eigenvalue weighted by Gasteiger charge is 2.30. The van der Waals surface area contributed by atoms with Crippen LogP contribution in [0, 0.1) is 0 Å². The molecule has 2 aromatic heterocycles. The lowest BCUT2D eigenvalue weighted by Gasteiger charge is -2.13. The molecule has 4 rings (SSSR count). The van der Waals surface area contributed by atoms with E-state index in [9.17, 15) is 22.8 Å². The Morgan fingerprint density at radius 3 is 2.26 bits per heavy atom. The van der Waals surface area contributed by atoms with E-state index in [0.717, 1.165) is 22.3 Å². The van der Waals surface area contributed by atoms with Gasteiger partial charge in [-0.25, -0.2) is 9.78 Å². The summed E-state index contributed by atoms with van der Waals surface area (Å²) in [5, 5.41) is 0. The molecule has 0 fully saturated rings. The first-order valence-corrected chi connectivity index (χ1v) is 9.68. The van der Waals surface area contributed by atoms with Crippen molar-refractivity contribution in [3.63, 3.8) is 0 Å². The number of aromatic nitrogens is 4. The molecule has 0 aliphatic carbocycles. The van der Waals surface area contributed by atoms with Gasteiger partial charge in [0.15, 0.2) is 11.2 Å². The van der Waals surface area contributed by atoms with Crippen LogP contribution in [0.1, 0.15) is 23.6 Å². The molecule has 0 radical (unpaired) electrons. The standard InChI is InChI=1S/C22H19F3N4O2/c1-2-27-14-26-19-18(27)20(30)29(13-16-9-6-10-17(11-16)22(23,24)25)21(31)28(19)12-15-7-4-3-5-8-15/h3-11,14H,2,12-13H2,1H3. The second-order valence-electron chi connectivity index (χ2n) is 7.15. The Morgan fingerprint density at radius 2 is 1.58 bits per heavy atom. The largest absolute Gasteiger partial charge is 0.416 e. The number of nitrogens with zero attached hydrogens (tertiary/aromatic N) is 4. The van der Waals surface area contributed by atoms with Gasteiger partial charge in [0.2, 0.25) is 0 Å². The van der Waals surface area contributed by atoms with Gasteiger partial charge >= 0.3 is 11.9 Å². The molecule has 2 aromatic carbocycles. The van der Waals surface area contributed by atoms with Crippen molar-refractivity contribution in [3.8, 4) is 0 Å². The van der Waals surface area contributed by atoms with Crippen LogP contribution in [0.4, 0.5) is 13.2 Å². The molecule has 6 nitrogen and oxygen atoms in total. The number of hydrogen-bond donors (Lipinski definition) is 0. The summed E-state index contributed by atoms with van der Waals surface area (Å²) in [5.41, 5.74) is -0.502. The van der Waals surface area contributed by atoms with E-state index < -0.39 is 23.0 Å². The van der Waals surface area contributed by atoms with Crippen LogP contribution in [0.25, 0.3) is 11.2 Å². The fourth-order valence-electron chi connectivity index (χ4n) is 3.56. The number of benzene rings is 2. The van der Waals surface area contributed by atoms with Crippen LogP contribution in [0.3, 0.4) is 0 Å². The van der Waals surface area contributed by atoms with Crippen molar-refractivity contribution >= 4 is 11.2 Å². The van der Waals surface area contributed by atoms with E-state index in [4.69, 9.17) is 0 Å². The molecule has 0 atom stereocenters. The van der Waals surface area contributed by atoms with E-state index in [2.05, 4.69) is 4.98 Å². The summed E-state index contributed by atoms with van der Waals surface area (Å²) in [6.45, 7) is 2.20. The van der Waals surface area contributed by atoms with Crippen LogP contribution in [0.15, 0.2) is 70.5 Å². The number of hydrogen-bond acceptors (Lipinski definition) is 3. The fraction of sp³-hybridized carbons (Fsp3) is 0.227. The van der Waals surface area contributed by atoms with E-state index in [1.807, 2.05) is 37.3 Å². The maximum Gasteiger partial charge on any atom is 0.416 e. The third-order valence-corrected chi connectivity index (χ3v) is 5.10. The molecule has 0 saturated carbocycles. The van der Waals surface area contributed by atoms with Crippen molar-refractivity contribution in [3.05, 3.63) is 98.5 Å². The number of fused-ring (bicyclic) bond motifs is 1. The number of aryl methyl sites for hydroxylation is 1. The number of alkyl halides is 3. The Labute approximate surface area is 174 Å². The third-order valence-electron chi connectivity index (χ3n) is 5.10. The van der Waals surface area contributed by atoms with Gasteiger partial charge in [0.1, 0.15) is 0 Å². The van der Waals surface area contributed by atoms with Gasteiger partial charge in [-0.1, -0.05) is 42.5 Å². The molecule has 2 heterocycles. The maximum absolute atomic E-state index is 13.2.